The van der Waals surface area contributed by atoms with Gasteiger partial charge in [-0.2, -0.15) is 0 Å². The summed E-state index contributed by atoms with van der Waals surface area (Å²) in [4.78, 5) is 0. The lowest BCUT2D eigenvalue weighted by atomic mass is 10.1. The van der Waals surface area contributed by atoms with Gasteiger partial charge in [-0.3, -0.25) is 0 Å². The first kappa shape index (κ1) is 11.7. The fourth-order valence-corrected chi connectivity index (χ4v) is 2.93. The maximum absolute atomic E-state index is 5.94. The Hall–Kier alpha value is -0.803. The summed E-state index contributed by atoms with van der Waals surface area (Å²) >= 11 is 0. The van der Waals surface area contributed by atoms with E-state index < -0.39 is 8.32 Å². The standard InChI is InChI=1S/C13H21NOSi/c1-16(2,3)15-12-8-6-11(7-9-12)13-5-4-10-14-13/h6-9,13-14H,4-5,10H2,1-3H3/t13-/m0/s1. The molecule has 2 rings (SSSR count). The Morgan fingerprint density at radius 3 is 2.38 bits per heavy atom. The first-order chi connectivity index (χ1) is 7.54. The molecule has 1 aliphatic rings. The predicted molar refractivity (Wildman–Crippen MR) is 70.4 cm³/mol. The van der Waals surface area contributed by atoms with Crippen LogP contribution in [0.1, 0.15) is 24.4 Å². The molecule has 1 heterocycles. The zero-order valence-corrected chi connectivity index (χ0v) is 11.4. The van der Waals surface area contributed by atoms with Gasteiger partial charge in [-0.05, 0) is 56.7 Å². The topological polar surface area (TPSA) is 21.3 Å². The van der Waals surface area contributed by atoms with Crippen molar-refractivity contribution in [2.45, 2.75) is 38.5 Å². The molecular formula is C13H21NOSi. The quantitative estimate of drug-likeness (QED) is 0.811. The highest BCUT2D eigenvalue weighted by molar-refractivity contribution is 6.70. The SMILES string of the molecule is C[Si](C)(C)Oc1ccc([C@@H]2CCCN2)cc1. The van der Waals surface area contributed by atoms with E-state index in [1.165, 1.54) is 18.4 Å². The third-order valence-corrected chi connectivity index (χ3v) is 3.61. The van der Waals surface area contributed by atoms with Crippen LogP contribution in [0.25, 0.3) is 0 Å². The van der Waals surface area contributed by atoms with Crippen molar-refractivity contribution in [3.8, 4) is 5.75 Å². The van der Waals surface area contributed by atoms with Crippen LogP contribution >= 0.6 is 0 Å². The Morgan fingerprint density at radius 1 is 1.19 bits per heavy atom. The summed E-state index contributed by atoms with van der Waals surface area (Å²) in [6, 6.07) is 9.15. The number of hydrogen-bond donors (Lipinski definition) is 1. The van der Waals surface area contributed by atoms with Crippen LogP contribution in [0.5, 0.6) is 5.75 Å². The number of nitrogens with one attached hydrogen (secondary N) is 1. The first-order valence-electron chi connectivity index (χ1n) is 6.07. The lowest BCUT2D eigenvalue weighted by Crippen LogP contribution is -2.29. The van der Waals surface area contributed by atoms with Gasteiger partial charge in [0, 0.05) is 6.04 Å². The van der Waals surface area contributed by atoms with Crippen LogP contribution in [0, 0.1) is 0 Å². The molecule has 3 heteroatoms. The molecule has 0 spiro atoms. The highest BCUT2D eigenvalue weighted by Crippen LogP contribution is 2.25. The molecule has 0 saturated carbocycles. The van der Waals surface area contributed by atoms with Crippen molar-refractivity contribution < 1.29 is 4.43 Å². The largest absolute Gasteiger partial charge is 0.544 e. The van der Waals surface area contributed by atoms with Gasteiger partial charge >= 0.3 is 0 Å². The van der Waals surface area contributed by atoms with Gasteiger partial charge in [-0.25, -0.2) is 0 Å². The lowest BCUT2D eigenvalue weighted by Gasteiger charge is -2.19. The van der Waals surface area contributed by atoms with E-state index in [0.717, 1.165) is 12.3 Å². The monoisotopic (exact) mass is 235 g/mol. The molecule has 0 amide bonds. The molecule has 1 N–H and O–H groups in total. The second-order valence-corrected chi connectivity index (χ2v) is 9.86. The van der Waals surface area contributed by atoms with Gasteiger partial charge in [0.25, 0.3) is 0 Å². The van der Waals surface area contributed by atoms with Crippen molar-refractivity contribution in [3.05, 3.63) is 29.8 Å². The van der Waals surface area contributed by atoms with Gasteiger partial charge in [-0.1, -0.05) is 12.1 Å². The molecule has 0 radical (unpaired) electrons. The molecule has 1 aromatic rings. The third kappa shape index (κ3) is 3.09. The molecule has 0 aromatic heterocycles. The molecule has 1 fully saturated rings. The van der Waals surface area contributed by atoms with E-state index in [9.17, 15) is 0 Å². The van der Waals surface area contributed by atoms with Crippen molar-refractivity contribution in [1.29, 1.82) is 0 Å². The fourth-order valence-electron chi connectivity index (χ4n) is 2.09. The molecule has 0 bridgehead atoms. The Labute approximate surface area is 99.1 Å². The number of rotatable bonds is 3. The molecule has 0 aliphatic carbocycles. The average Bonchev–Trinajstić information content (AvgIpc) is 2.69. The second kappa shape index (κ2) is 4.59. The fraction of sp³-hybridized carbons (Fsp3) is 0.538. The Kier molecular flexibility index (Phi) is 3.35. The van der Waals surface area contributed by atoms with E-state index in [1.54, 1.807) is 0 Å². The molecule has 0 unspecified atom stereocenters. The van der Waals surface area contributed by atoms with Gasteiger partial charge in [0.1, 0.15) is 5.75 Å². The lowest BCUT2D eigenvalue weighted by molar-refractivity contribution is 0.556. The van der Waals surface area contributed by atoms with Crippen LogP contribution in [0.2, 0.25) is 19.6 Å². The van der Waals surface area contributed by atoms with E-state index in [0.29, 0.717) is 6.04 Å². The molecule has 2 nitrogen and oxygen atoms in total. The minimum Gasteiger partial charge on any atom is -0.544 e. The Balaban J connectivity index is 2.04. The summed E-state index contributed by atoms with van der Waals surface area (Å²) in [5, 5.41) is 3.51. The summed E-state index contributed by atoms with van der Waals surface area (Å²) in [7, 11) is -1.46. The zero-order valence-electron chi connectivity index (χ0n) is 10.4. The third-order valence-electron chi connectivity index (χ3n) is 2.77. The van der Waals surface area contributed by atoms with Crippen molar-refractivity contribution in [2.75, 3.05) is 6.54 Å². The van der Waals surface area contributed by atoms with Crippen LogP contribution in [-0.2, 0) is 0 Å². The summed E-state index contributed by atoms with van der Waals surface area (Å²) in [6.45, 7) is 7.77. The number of hydrogen-bond acceptors (Lipinski definition) is 2. The van der Waals surface area contributed by atoms with Crippen LogP contribution < -0.4 is 9.74 Å². The molecule has 1 aliphatic heterocycles. The van der Waals surface area contributed by atoms with Crippen LogP contribution in [-0.4, -0.2) is 14.9 Å². The number of benzene rings is 1. The molecule has 1 aromatic carbocycles. The van der Waals surface area contributed by atoms with Crippen molar-refractivity contribution >= 4 is 8.32 Å². The van der Waals surface area contributed by atoms with Crippen LogP contribution in [0.3, 0.4) is 0 Å². The van der Waals surface area contributed by atoms with Crippen LogP contribution in [0.15, 0.2) is 24.3 Å². The Bertz CT molecular complexity index is 336. The van der Waals surface area contributed by atoms with Gasteiger partial charge in [0.2, 0.25) is 8.32 Å². The van der Waals surface area contributed by atoms with Gasteiger partial charge < -0.3 is 9.74 Å². The molecule has 88 valence electrons. The zero-order chi connectivity index (χ0) is 11.6. The van der Waals surface area contributed by atoms with E-state index in [1.807, 2.05) is 0 Å². The predicted octanol–water partition coefficient (Wildman–Crippen LogP) is 3.32. The van der Waals surface area contributed by atoms with Gasteiger partial charge in [-0.15, -0.1) is 0 Å². The molecule has 16 heavy (non-hydrogen) atoms. The summed E-state index contributed by atoms with van der Waals surface area (Å²) in [6.07, 6.45) is 2.55. The second-order valence-electron chi connectivity index (χ2n) is 5.43. The minimum atomic E-state index is -1.46. The van der Waals surface area contributed by atoms with E-state index in [2.05, 4.69) is 49.2 Å². The van der Waals surface area contributed by atoms with Crippen molar-refractivity contribution in [3.63, 3.8) is 0 Å². The molecular weight excluding hydrogens is 214 g/mol. The maximum Gasteiger partial charge on any atom is 0.242 e. The molecule has 1 atom stereocenters. The smallest absolute Gasteiger partial charge is 0.242 e. The van der Waals surface area contributed by atoms with Crippen molar-refractivity contribution in [1.82, 2.24) is 5.32 Å². The first-order valence-corrected chi connectivity index (χ1v) is 9.48. The van der Waals surface area contributed by atoms with E-state index in [4.69, 9.17) is 4.43 Å². The van der Waals surface area contributed by atoms with Gasteiger partial charge in [0.15, 0.2) is 0 Å². The summed E-state index contributed by atoms with van der Waals surface area (Å²) in [5.74, 6) is 1.01. The highest BCUT2D eigenvalue weighted by atomic mass is 28.4. The minimum absolute atomic E-state index is 0.556. The normalized spacial score (nSPS) is 21.1. The highest BCUT2D eigenvalue weighted by Gasteiger charge is 2.18. The summed E-state index contributed by atoms with van der Waals surface area (Å²) in [5.41, 5.74) is 1.39. The van der Waals surface area contributed by atoms with Gasteiger partial charge in [0.05, 0.1) is 0 Å². The van der Waals surface area contributed by atoms with E-state index in [-0.39, 0.29) is 0 Å². The Morgan fingerprint density at radius 2 is 1.88 bits per heavy atom. The average molecular weight is 235 g/mol. The maximum atomic E-state index is 5.94. The van der Waals surface area contributed by atoms with E-state index >= 15 is 0 Å². The van der Waals surface area contributed by atoms with Crippen LogP contribution in [0.4, 0.5) is 0 Å². The summed E-state index contributed by atoms with van der Waals surface area (Å²) < 4.78 is 5.94. The molecule has 1 saturated heterocycles. The van der Waals surface area contributed by atoms with Crippen molar-refractivity contribution in [2.24, 2.45) is 0 Å².